The van der Waals surface area contributed by atoms with Gasteiger partial charge in [-0.3, -0.25) is 28.4 Å². The molecular weight excluding hydrogens is 972 g/mol. The van der Waals surface area contributed by atoms with E-state index < -0.39 is 17.5 Å². The van der Waals surface area contributed by atoms with Crippen LogP contribution in [0.3, 0.4) is 0 Å². The molecule has 0 atom stereocenters. The molecule has 0 bridgehead atoms. The number of aromatic nitrogens is 6. The SMILES string of the molecule is C#CCN(C)c1cc(-c2c(Cl)n3n(c2=O)CCCC3)c(F)cc1Cl.CNc1cc(-c2c(Cl)n3n(c2=O)CCCC3)c(F)cc1Cl.Nc1cc(-c2c(Cl)n3n(c2=O)CCCC3)c(F)cc1Cl. The molecule has 344 valence electrons. The molecule has 0 saturated heterocycles. The summed E-state index contributed by atoms with van der Waals surface area (Å²) in [5, 5.41) is 4.27. The van der Waals surface area contributed by atoms with Gasteiger partial charge in [0.2, 0.25) is 0 Å². The van der Waals surface area contributed by atoms with E-state index in [0.29, 0.717) is 57.2 Å². The maximum atomic E-state index is 14.5. The van der Waals surface area contributed by atoms with Crippen LogP contribution in [0.2, 0.25) is 30.5 Å². The molecule has 65 heavy (non-hydrogen) atoms. The van der Waals surface area contributed by atoms with E-state index in [9.17, 15) is 27.6 Å². The molecule has 0 saturated carbocycles. The van der Waals surface area contributed by atoms with Crippen molar-refractivity contribution >= 4 is 86.7 Å². The lowest BCUT2D eigenvalue weighted by Crippen LogP contribution is -2.27. The number of hydrogen-bond donors (Lipinski definition) is 2. The standard InChI is InChI=1S/C17H16Cl2FN3O.C14H14Cl2FN3O.C13H12Cl2FN3O/c1-3-6-21(2)14-9-11(13(20)10-12(14)18)15-16(19)22-7-4-5-8-23(22)17(15)24;1-18-11-6-8(10(17)7-9(11)15)12-13(16)19-4-2-3-5-20(19)14(12)21;14-8-6-9(16)7(5-10(8)17)11-12(15)18-3-1-2-4-19(18)13(11)20/h1,9-10H,4-8H2,2H3;6-7,18H,2-5H2,1H3;5-6H,1-4,17H2. The number of nitrogens with zero attached hydrogens (tertiary/aromatic N) is 7. The van der Waals surface area contributed by atoms with Crippen LogP contribution in [-0.4, -0.2) is 48.7 Å². The molecule has 3 aliphatic rings. The predicted octanol–water partition coefficient (Wildman–Crippen LogP) is 10.4. The zero-order valence-electron chi connectivity index (χ0n) is 35.1. The minimum absolute atomic E-state index is 0.0938. The van der Waals surface area contributed by atoms with Gasteiger partial charge in [0.1, 0.15) is 32.9 Å². The van der Waals surface area contributed by atoms with Gasteiger partial charge in [-0.25, -0.2) is 27.2 Å². The Hall–Kier alpha value is -4.82. The maximum absolute atomic E-state index is 14.5. The van der Waals surface area contributed by atoms with Gasteiger partial charge in [0.05, 0.1) is 55.4 Å². The zero-order chi connectivity index (χ0) is 47.0. The van der Waals surface area contributed by atoms with E-state index in [1.54, 1.807) is 47.1 Å². The number of rotatable bonds is 6. The average Bonchev–Trinajstić information content (AvgIpc) is 3.80. The normalized spacial score (nSPS) is 13.9. The van der Waals surface area contributed by atoms with Crippen molar-refractivity contribution in [3.63, 3.8) is 0 Å². The molecule has 3 N–H and O–H groups in total. The topological polar surface area (TPSA) is 122 Å². The summed E-state index contributed by atoms with van der Waals surface area (Å²) in [4.78, 5) is 39.3. The summed E-state index contributed by atoms with van der Waals surface area (Å²) < 4.78 is 52.7. The van der Waals surface area contributed by atoms with Crippen molar-refractivity contribution in [3.8, 4) is 45.7 Å². The van der Waals surface area contributed by atoms with Crippen molar-refractivity contribution in [3.05, 3.63) is 115 Å². The lowest BCUT2D eigenvalue weighted by atomic mass is 10.1. The smallest absolute Gasteiger partial charge is 0.276 e. The summed E-state index contributed by atoms with van der Waals surface area (Å²) in [6, 6.07) is 7.89. The second-order valence-electron chi connectivity index (χ2n) is 15.5. The predicted molar refractivity (Wildman–Crippen MR) is 256 cm³/mol. The average molecular weight is 1010 g/mol. The third kappa shape index (κ3) is 9.18. The highest BCUT2D eigenvalue weighted by Gasteiger charge is 2.28. The number of fused-ring (bicyclic) bond motifs is 3. The van der Waals surface area contributed by atoms with Crippen molar-refractivity contribution < 1.29 is 13.2 Å². The molecule has 3 aromatic heterocycles. The van der Waals surface area contributed by atoms with E-state index in [1.165, 1.54) is 30.3 Å². The first-order valence-electron chi connectivity index (χ1n) is 20.5. The highest BCUT2D eigenvalue weighted by atomic mass is 35.5. The molecule has 21 heteroatoms. The van der Waals surface area contributed by atoms with Gasteiger partial charge < -0.3 is 16.0 Å². The van der Waals surface area contributed by atoms with Crippen LogP contribution in [0.1, 0.15) is 38.5 Å². The maximum Gasteiger partial charge on any atom is 0.276 e. The summed E-state index contributed by atoms with van der Waals surface area (Å²) in [6.07, 6.45) is 10.9. The van der Waals surface area contributed by atoms with Gasteiger partial charge in [-0.2, -0.15) is 0 Å². The number of nitrogen functional groups attached to an aromatic ring is 1. The van der Waals surface area contributed by atoms with Crippen molar-refractivity contribution in [2.45, 2.75) is 77.8 Å². The Morgan fingerprint density at radius 1 is 0.585 bits per heavy atom. The van der Waals surface area contributed by atoms with Gasteiger partial charge in [0.15, 0.2) is 0 Å². The quantitative estimate of drug-likeness (QED) is 0.127. The Kier molecular flexibility index (Phi) is 14.8. The molecule has 6 aromatic rings. The van der Waals surface area contributed by atoms with Crippen molar-refractivity contribution in [2.75, 3.05) is 36.6 Å². The number of nitrogens with two attached hydrogens (primary N) is 1. The number of terminal acetylenes is 1. The molecule has 12 nitrogen and oxygen atoms in total. The van der Waals surface area contributed by atoms with Crippen LogP contribution < -0.4 is 32.6 Å². The zero-order valence-corrected chi connectivity index (χ0v) is 39.6. The minimum atomic E-state index is -0.605. The van der Waals surface area contributed by atoms with Crippen molar-refractivity contribution in [2.24, 2.45) is 0 Å². The number of anilines is 3. The van der Waals surface area contributed by atoms with Crippen LogP contribution >= 0.6 is 69.6 Å². The molecule has 0 fully saturated rings. The number of benzene rings is 3. The van der Waals surface area contributed by atoms with Crippen LogP contribution in [-0.2, 0) is 39.3 Å². The van der Waals surface area contributed by atoms with Crippen molar-refractivity contribution in [1.82, 2.24) is 28.1 Å². The minimum Gasteiger partial charge on any atom is -0.398 e. The Morgan fingerprint density at radius 3 is 1.32 bits per heavy atom. The van der Waals surface area contributed by atoms with Gasteiger partial charge in [-0.05, 0) is 74.9 Å². The number of hydrogen-bond acceptors (Lipinski definition) is 6. The first kappa shape index (κ1) is 48.1. The second kappa shape index (κ2) is 20.0. The Labute approximate surface area is 401 Å². The van der Waals surface area contributed by atoms with Gasteiger partial charge in [0, 0.05) is 70.1 Å². The van der Waals surface area contributed by atoms with Crippen LogP contribution in [0.15, 0.2) is 50.8 Å². The number of halogens is 9. The molecule has 6 heterocycles. The fourth-order valence-corrected chi connectivity index (χ4v) is 9.96. The van der Waals surface area contributed by atoms with Crippen LogP contribution in [0.25, 0.3) is 33.4 Å². The lowest BCUT2D eigenvalue weighted by Gasteiger charge is -2.19. The third-order valence-corrected chi connectivity index (χ3v) is 13.6. The van der Waals surface area contributed by atoms with E-state index in [2.05, 4.69) is 11.2 Å². The molecular formula is C44H42Cl6F3N9O3. The highest BCUT2D eigenvalue weighted by Crippen LogP contribution is 2.38. The van der Waals surface area contributed by atoms with E-state index >= 15 is 0 Å². The van der Waals surface area contributed by atoms with E-state index in [1.807, 2.05) is 0 Å². The van der Waals surface area contributed by atoms with Crippen LogP contribution in [0, 0.1) is 29.8 Å². The molecule has 0 spiro atoms. The molecule has 0 amide bonds. The largest absolute Gasteiger partial charge is 0.398 e. The summed E-state index contributed by atoms with van der Waals surface area (Å²) in [5.74, 6) is 0.765. The van der Waals surface area contributed by atoms with E-state index in [4.69, 9.17) is 81.8 Å². The fourth-order valence-electron chi connectivity index (χ4n) is 8.19. The molecule has 3 aromatic carbocycles. The van der Waals surface area contributed by atoms with Crippen LogP contribution in [0.4, 0.5) is 30.2 Å². The third-order valence-electron chi connectivity index (χ3n) is 11.5. The summed E-state index contributed by atoms with van der Waals surface area (Å²) in [5.41, 5.74) is 7.09. The number of nitrogens with one attached hydrogen (secondary N) is 1. The molecule has 9 rings (SSSR count). The van der Waals surface area contributed by atoms with Gasteiger partial charge >= 0.3 is 0 Å². The Balaban J connectivity index is 0.000000146. The second-order valence-corrected chi connectivity index (χ2v) is 17.8. The monoisotopic (exact) mass is 1010 g/mol. The molecule has 3 aliphatic heterocycles. The van der Waals surface area contributed by atoms with Crippen molar-refractivity contribution in [1.29, 1.82) is 0 Å². The summed E-state index contributed by atoms with van der Waals surface area (Å²) >= 11 is 36.8. The Morgan fingerprint density at radius 2 is 0.938 bits per heavy atom. The molecule has 0 radical (unpaired) electrons. The van der Waals surface area contributed by atoms with E-state index in [-0.39, 0.29) is 86.3 Å². The van der Waals surface area contributed by atoms with Gasteiger partial charge in [0.25, 0.3) is 16.7 Å². The Bertz CT molecular complexity index is 3050. The summed E-state index contributed by atoms with van der Waals surface area (Å²) in [7, 11) is 3.43. The highest BCUT2D eigenvalue weighted by molar-refractivity contribution is 6.35. The molecule has 0 aliphatic carbocycles. The first-order chi connectivity index (χ1) is 31.0. The first-order valence-corrected chi connectivity index (χ1v) is 22.8. The molecule has 0 unspecified atom stereocenters. The summed E-state index contributed by atoms with van der Waals surface area (Å²) in [6.45, 7) is 4.05. The van der Waals surface area contributed by atoms with Gasteiger partial charge in [-0.15, -0.1) is 6.42 Å². The lowest BCUT2D eigenvalue weighted by molar-refractivity contribution is 0.356. The fraction of sp³-hybridized carbons (Fsp3) is 0.341. The van der Waals surface area contributed by atoms with Gasteiger partial charge in [-0.1, -0.05) is 75.5 Å². The van der Waals surface area contributed by atoms with Crippen LogP contribution in [0.5, 0.6) is 0 Å². The van der Waals surface area contributed by atoms with E-state index in [0.717, 1.165) is 44.6 Å².